The van der Waals surface area contributed by atoms with Gasteiger partial charge in [0.05, 0.1) is 12.1 Å². The van der Waals surface area contributed by atoms with E-state index in [9.17, 15) is 18.7 Å². The van der Waals surface area contributed by atoms with Crippen molar-refractivity contribution in [3.63, 3.8) is 0 Å². The number of carbonyl (C=O) groups is 1. The number of aryl methyl sites for hydroxylation is 2. The Labute approximate surface area is 157 Å². The van der Waals surface area contributed by atoms with Crippen molar-refractivity contribution in [3.05, 3.63) is 64.7 Å². The second-order valence-corrected chi connectivity index (χ2v) is 7.21. The molecule has 6 heteroatoms. The molecule has 1 fully saturated rings. The molecule has 0 saturated carbocycles. The molecule has 0 aliphatic carbocycles. The summed E-state index contributed by atoms with van der Waals surface area (Å²) in [4.78, 5) is 14.0. The van der Waals surface area contributed by atoms with Crippen LogP contribution in [0.4, 0.5) is 8.78 Å². The van der Waals surface area contributed by atoms with Crippen LogP contribution in [0.25, 0.3) is 0 Å². The number of hydrogen-bond donors (Lipinski definition) is 1. The van der Waals surface area contributed by atoms with E-state index >= 15 is 0 Å². The van der Waals surface area contributed by atoms with E-state index in [1.165, 1.54) is 4.90 Å². The zero-order chi connectivity index (χ0) is 19.6. The van der Waals surface area contributed by atoms with E-state index in [0.717, 1.165) is 23.3 Å². The van der Waals surface area contributed by atoms with Crippen LogP contribution >= 0.6 is 0 Å². The van der Waals surface area contributed by atoms with Crippen LogP contribution in [0, 0.1) is 25.5 Å². The molecule has 1 aliphatic rings. The molecule has 3 rings (SSSR count). The molecule has 27 heavy (non-hydrogen) atoms. The lowest BCUT2D eigenvalue weighted by Crippen LogP contribution is -2.53. The molecule has 2 aromatic carbocycles. The van der Waals surface area contributed by atoms with E-state index in [1.54, 1.807) is 0 Å². The van der Waals surface area contributed by atoms with Gasteiger partial charge in [-0.3, -0.25) is 4.79 Å². The minimum absolute atomic E-state index is 0.0329. The van der Waals surface area contributed by atoms with E-state index in [4.69, 9.17) is 4.74 Å². The summed E-state index contributed by atoms with van der Waals surface area (Å²) in [6, 6.07) is 8.56. The minimum atomic E-state index is -1.22. The van der Waals surface area contributed by atoms with Crippen molar-refractivity contribution in [1.29, 1.82) is 0 Å². The number of ether oxygens (including phenoxy) is 1. The van der Waals surface area contributed by atoms with E-state index in [0.29, 0.717) is 31.2 Å². The molecule has 1 amide bonds. The maximum Gasteiger partial charge on any atom is 0.256 e. The largest absolute Gasteiger partial charge is 0.491 e. The molecule has 0 bridgehead atoms. The Morgan fingerprint density at radius 1 is 1.19 bits per heavy atom. The Bertz CT molecular complexity index is 855. The van der Waals surface area contributed by atoms with Crippen LogP contribution in [0.5, 0.6) is 5.75 Å². The van der Waals surface area contributed by atoms with Gasteiger partial charge in [-0.25, -0.2) is 8.78 Å². The highest BCUT2D eigenvalue weighted by molar-refractivity contribution is 5.94. The average Bonchev–Trinajstić information content (AvgIpc) is 2.62. The number of piperidine rings is 1. The number of hydrogen-bond acceptors (Lipinski definition) is 3. The molecule has 1 unspecified atom stereocenters. The number of nitrogens with zero attached hydrogens (tertiary/aromatic N) is 1. The molecular weight excluding hydrogens is 352 g/mol. The van der Waals surface area contributed by atoms with Gasteiger partial charge in [0.15, 0.2) is 0 Å². The predicted octanol–water partition coefficient (Wildman–Crippen LogP) is 3.63. The van der Waals surface area contributed by atoms with Gasteiger partial charge in [0, 0.05) is 12.6 Å². The van der Waals surface area contributed by atoms with Crippen LogP contribution in [0.2, 0.25) is 0 Å². The fourth-order valence-corrected chi connectivity index (χ4v) is 3.26. The first-order chi connectivity index (χ1) is 12.8. The molecule has 1 atom stereocenters. The second-order valence-electron chi connectivity index (χ2n) is 7.21. The summed E-state index contributed by atoms with van der Waals surface area (Å²) in [5.74, 6) is -1.54. The van der Waals surface area contributed by atoms with Crippen LogP contribution in [-0.2, 0) is 0 Å². The van der Waals surface area contributed by atoms with Gasteiger partial charge in [0.2, 0.25) is 0 Å². The van der Waals surface area contributed by atoms with Crippen molar-refractivity contribution in [2.75, 3.05) is 19.7 Å². The van der Waals surface area contributed by atoms with Gasteiger partial charge in [-0.1, -0.05) is 6.07 Å². The zero-order valence-electron chi connectivity index (χ0n) is 15.5. The standard InChI is InChI=1S/C21H23F2NO3/c1-14-4-6-17(10-15(14)2)27-13-21(26)8-3-9-24(12-21)20(25)18-7-5-16(22)11-19(18)23/h4-7,10-11,26H,3,8-9,12-13H2,1-2H3. The molecule has 144 valence electrons. The first-order valence-corrected chi connectivity index (χ1v) is 8.94. The highest BCUT2D eigenvalue weighted by atomic mass is 19.1. The maximum atomic E-state index is 13.9. The van der Waals surface area contributed by atoms with Gasteiger partial charge in [0.25, 0.3) is 5.91 Å². The second kappa shape index (κ2) is 7.64. The lowest BCUT2D eigenvalue weighted by Gasteiger charge is -2.39. The number of benzene rings is 2. The van der Waals surface area contributed by atoms with Gasteiger partial charge in [-0.05, 0) is 62.1 Å². The highest BCUT2D eigenvalue weighted by Gasteiger charge is 2.37. The summed E-state index contributed by atoms with van der Waals surface area (Å²) < 4.78 is 32.7. The molecular formula is C21H23F2NO3. The van der Waals surface area contributed by atoms with Crippen molar-refractivity contribution in [2.24, 2.45) is 0 Å². The molecule has 0 spiro atoms. The molecule has 1 N–H and O–H groups in total. The number of β-amino-alcohol motifs (C(OH)–C–C–N with tert-alkyl or cyclic N) is 1. The molecule has 4 nitrogen and oxygen atoms in total. The summed E-state index contributed by atoms with van der Waals surface area (Å²) in [5.41, 5.74) is 0.822. The lowest BCUT2D eigenvalue weighted by molar-refractivity contribution is -0.0532. The summed E-state index contributed by atoms with van der Waals surface area (Å²) in [7, 11) is 0. The summed E-state index contributed by atoms with van der Waals surface area (Å²) >= 11 is 0. The number of carbonyl (C=O) groups excluding carboxylic acids is 1. The van der Waals surface area contributed by atoms with Crippen molar-refractivity contribution >= 4 is 5.91 Å². The summed E-state index contributed by atoms with van der Waals surface area (Å²) in [5, 5.41) is 10.9. The van der Waals surface area contributed by atoms with Crippen LogP contribution in [0.3, 0.4) is 0 Å². The molecule has 2 aromatic rings. The molecule has 0 aromatic heterocycles. The van der Waals surface area contributed by atoms with Crippen LogP contribution in [-0.4, -0.2) is 41.2 Å². The number of amides is 1. The van der Waals surface area contributed by atoms with Gasteiger partial charge in [-0.2, -0.15) is 0 Å². The van der Waals surface area contributed by atoms with E-state index in [2.05, 4.69) is 0 Å². The van der Waals surface area contributed by atoms with Crippen molar-refractivity contribution < 1.29 is 23.4 Å². The van der Waals surface area contributed by atoms with Crippen molar-refractivity contribution in [1.82, 2.24) is 4.90 Å². The Morgan fingerprint density at radius 3 is 2.67 bits per heavy atom. The zero-order valence-corrected chi connectivity index (χ0v) is 15.5. The molecule has 1 heterocycles. The fraction of sp³-hybridized carbons (Fsp3) is 0.381. The molecule has 1 aliphatic heterocycles. The fourth-order valence-electron chi connectivity index (χ4n) is 3.26. The number of likely N-dealkylation sites (tertiary alicyclic amines) is 1. The highest BCUT2D eigenvalue weighted by Crippen LogP contribution is 2.25. The Hall–Kier alpha value is -2.47. The van der Waals surface area contributed by atoms with E-state index in [-0.39, 0.29) is 18.7 Å². The third-order valence-corrected chi connectivity index (χ3v) is 4.99. The first-order valence-electron chi connectivity index (χ1n) is 8.94. The molecule has 0 radical (unpaired) electrons. The Kier molecular flexibility index (Phi) is 5.46. The Morgan fingerprint density at radius 2 is 1.96 bits per heavy atom. The quantitative estimate of drug-likeness (QED) is 0.888. The third kappa shape index (κ3) is 4.45. The topological polar surface area (TPSA) is 49.8 Å². The Balaban J connectivity index is 1.68. The summed E-state index contributed by atoms with van der Waals surface area (Å²) in [6.45, 7) is 4.46. The van der Waals surface area contributed by atoms with Gasteiger partial charge in [0.1, 0.15) is 29.6 Å². The monoisotopic (exact) mass is 375 g/mol. The average molecular weight is 375 g/mol. The van der Waals surface area contributed by atoms with E-state index < -0.39 is 23.1 Å². The van der Waals surface area contributed by atoms with Crippen LogP contribution in [0.15, 0.2) is 36.4 Å². The van der Waals surface area contributed by atoms with E-state index in [1.807, 2.05) is 32.0 Å². The third-order valence-electron chi connectivity index (χ3n) is 4.99. The number of aliphatic hydroxyl groups is 1. The number of halogens is 2. The minimum Gasteiger partial charge on any atom is -0.491 e. The van der Waals surface area contributed by atoms with Crippen LogP contribution < -0.4 is 4.74 Å². The lowest BCUT2D eigenvalue weighted by atomic mass is 9.93. The normalized spacial score (nSPS) is 19.8. The SMILES string of the molecule is Cc1ccc(OCC2(O)CCCN(C(=O)c3ccc(F)cc3F)C2)cc1C. The van der Waals surface area contributed by atoms with Gasteiger partial charge in [-0.15, -0.1) is 0 Å². The number of rotatable bonds is 4. The first kappa shape index (κ1) is 19.3. The van der Waals surface area contributed by atoms with Crippen molar-refractivity contribution in [3.8, 4) is 5.75 Å². The smallest absolute Gasteiger partial charge is 0.256 e. The van der Waals surface area contributed by atoms with Crippen LogP contribution in [0.1, 0.15) is 34.3 Å². The van der Waals surface area contributed by atoms with Crippen molar-refractivity contribution in [2.45, 2.75) is 32.3 Å². The molecule has 1 saturated heterocycles. The van der Waals surface area contributed by atoms with Gasteiger partial charge >= 0.3 is 0 Å². The maximum absolute atomic E-state index is 13.9. The predicted molar refractivity (Wildman–Crippen MR) is 97.9 cm³/mol. The van der Waals surface area contributed by atoms with Gasteiger partial charge < -0.3 is 14.7 Å². The summed E-state index contributed by atoms with van der Waals surface area (Å²) in [6.07, 6.45) is 1.05.